The van der Waals surface area contributed by atoms with E-state index in [1.54, 1.807) is 0 Å². The third-order valence-electron chi connectivity index (χ3n) is 3.95. The van der Waals surface area contributed by atoms with Crippen LogP contribution in [0.3, 0.4) is 0 Å². The molecule has 0 saturated carbocycles. The molecule has 0 aliphatic rings. The standard InChI is InChI=1S/C18H16ClN3.ClH/c19-11-6-12-21-17(14-7-2-1-3-8-14)13-22-16-10-5-4-9-15(16)20-18(21)22;/h1-5,7-10,13H,6,11-12H2;1H. The van der Waals surface area contributed by atoms with Gasteiger partial charge in [0.15, 0.2) is 0 Å². The average molecular weight is 346 g/mol. The third kappa shape index (κ3) is 2.71. The van der Waals surface area contributed by atoms with Gasteiger partial charge in [-0.25, -0.2) is 4.98 Å². The first-order valence-electron chi connectivity index (χ1n) is 7.46. The molecule has 0 unspecified atom stereocenters. The van der Waals surface area contributed by atoms with Crippen molar-refractivity contribution >= 4 is 40.8 Å². The molecule has 3 nitrogen and oxygen atoms in total. The molecule has 2 heterocycles. The summed E-state index contributed by atoms with van der Waals surface area (Å²) in [5.74, 6) is 1.63. The number of fused-ring (bicyclic) bond motifs is 3. The Balaban J connectivity index is 0.00000156. The van der Waals surface area contributed by atoms with Gasteiger partial charge < -0.3 is 4.57 Å². The Kier molecular flexibility index (Phi) is 4.60. The molecule has 5 heteroatoms. The van der Waals surface area contributed by atoms with Crippen molar-refractivity contribution < 1.29 is 0 Å². The monoisotopic (exact) mass is 345 g/mol. The van der Waals surface area contributed by atoms with Crippen molar-refractivity contribution in [1.82, 2.24) is 14.0 Å². The van der Waals surface area contributed by atoms with Crippen molar-refractivity contribution in [2.24, 2.45) is 0 Å². The molecule has 2 aromatic carbocycles. The van der Waals surface area contributed by atoms with Gasteiger partial charge in [-0.15, -0.1) is 24.0 Å². The lowest BCUT2D eigenvalue weighted by molar-refractivity contribution is 0.704. The third-order valence-corrected chi connectivity index (χ3v) is 4.21. The van der Waals surface area contributed by atoms with Gasteiger partial charge in [0.05, 0.1) is 16.7 Å². The SMILES string of the molecule is Cl.ClCCCn1c(-c2ccccc2)cn2c3ccccc3nc12. The summed E-state index contributed by atoms with van der Waals surface area (Å²) >= 11 is 5.91. The summed E-state index contributed by atoms with van der Waals surface area (Å²) in [5, 5.41) is 0. The van der Waals surface area contributed by atoms with Gasteiger partial charge in [0.2, 0.25) is 5.78 Å². The van der Waals surface area contributed by atoms with E-state index in [9.17, 15) is 0 Å². The van der Waals surface area contributed by atoms with E-state index in [4.69, 9.17) is 16.6 Å². The molecule has 0 atom stereocenters. The van der Waals surface area contributed by atoms with Crippen molar-refractivity contribution in [2.45, 2.75) is 13.0 Å². The Morgan fingerprint density at radius 3 is 2.48 bits per heavy atom. The van der Waals surface area contributed by atoms with Gasteiger partial charge in [-0.3, -0.25) is 4.40 Å². The van der Waals surface area contributed by atoms with E-state index in [-0.39, 0.29) is 12.4 Å². The van der Waals surface area contributed by atoms with Crippen LogP contribution in [0.2, 0.25) is 0 Å². The Bertz CT molecular complexity index is 925. The highest BCUT2D eigenvalue weighted by atomic mass is 35.5. The topological polar surface area (TPSA) is 22.2 Å². The highest BCUT2D eigenvalue weighted by molar-refractivity contribution is 6.17. The van der Waals surface area contributed by atoms with E-state index in [1.165, 1.54) is 11.3 Å². The van der Waals surface area contributed by atoms with Crippen molar-refractivity contribution in [1.29, 1.82) is 0 Å². The number of aromatic nitrogens is 3. The number of alkyl halides is 1. The van der Waals surface area contributed by atoms with Gasteiger partial charge in [-0.1, -0.05) is 42.5 Å². The molecular weight excluding hydrogens is 329 g/mol. The molecule has 0 N–H and O–H groups in total. The Morgan fingerprint density at radius 2 is 1.70 bits per heavy atom. The fourth-order valence-electron chi connectivity index (χ4n) is 2.93. The fourth-order valence-corrected chi connectivity index (χ4v) is 3.05. The number of halogens is 2. The minimum Gasteiger partial charge on any atom is -0.310 e. The molecule has 4 rings (SSSR count). The summed E-state index contributed by atoms with van der Waals surface area (Å²) < 4.78 is 4.43. The summed E-state index contributed by atoms with van der Waals surface area (Å²) in [5.41, 5.74) is 4.54. The van der Waals surface area contributed by atoms with Crippen LogP contribution in [0.4, 0.5) is 0 Å². The summed E-state index contributed by atoms with van der Waals surface area (Å²) in [6, 6.07) is 18.7. The normalized spacial score (nSPS) is 11.0. The van der Waals surface area contributed by atoms with Crippen LogP contribution in [-0.4, -0.2) is 19.8 Å². The van der Waals surface area contributed by atoms with E-state index >= 15 is 0 Å². The molecule has 4 aromatic rings. The molecule has 0 aliphatic carbocycles. The van der Waals surface area contributed by atoms with Gasteiger partial charge in [-0.2, -0.15) is 0 Å². The van der Waals surface area contributed by atoms with Crippen LogP contribution in [0.25, 0.3) is 28.1 Å². The number of imidazole rings is 2. The maximum absolute atomic E-state index is 5.91. The lowest BCUT2D eigenvalue weighted by Crippen LogP contribution is -2.01. The Hall–Kier alpha value is -1.97. The second kappa shape index (κ2) is 6.65. The first-order valence-corrected chi connectivity index (χ1v) is 7.99. The number of hydrogen-bond donors (Lipinski definition) is 0. The second-order valence-corrected chi connectivity index (χ2v) is 5.72. The lowest BCUT2D eigenvalue weighted by atomic mass is 10.1. The van der Waals surface area contributed by atoms with Gasteiger partial charge in [0.25, 0.3) is 0 Å². The maximum atomic E-state index is 5.91. The number of nitrogens with zero attached hydrogens (tertiary/aromatic N) is 3. The Morgan fingerprint density at radius 1 is 0.957 bits per heavy atom. The van der Waals surface area contributed by atoms with Crippen molar-refractivity contribution in [3.05, 3.63) is 60.8 Å². The van der Waals surface area contributed by atoms with Crippen LogP contribution in [0.5, 0.6) is 0 Å². The molecule has 0 aliphatic heterocycles. The molecule has 23 heavy (non-hydrogen) atoms. The molecule has 0 saturated heterocycles. The minimum absolute atomic E-state index is 0. The van der Waals surface area contributed by atoms with Gasteiger partial charge in [-0.05, 0) is 24.1 Å². The largest absolute Gasteiger partial charge is 0.310 e. The predicted molar refractivity (Wildman–Crippen MR) is 98.7 cm³/mol. The zero-order valence-electron chi connectivity index (χ0n) is 12.5. The van der Waals surface area contributed by atoms with E-state index < -0.39 is 0 Å². The van der Waals surface area contributed by atoms with Crippen molar-refractivity contribution in [3.63, 3.8) is 0 Å². The van der Waals surface area contributed by atoms with Crippen LogP contribution in [-0.2, 0) is 6.54 Å². The zero-order valence-corrected chi connectivity index (χ0v) is 14.1. The number of hydrogen-bond acceptors (Lipinski definition) is 1. The zero-order chi connectivity index (χ0) is 14.9. The molecule has 0 amide bonds. The highest BCUT2D eigenvalue weighted by Gasteiger charge is 2.14. The highest BCUT2D eigenvalue weighted by Crippen LogP contribution is 2.26. The minimum atomic E-state index is 0. The van der Waals surface area contributed by atoms with Gasteiger partial charge >= 0.3 is 0 Å². The molecular formula is C18H17Cl2N3. The number of rotatable bonds is 4. The van der Waals surface area contributed by atoms with Crippen LogP contribution >= 0.6 is 24.0 Å². The summed E-state index contributed by atoms with van der Waals surface area (Å²) in [6.07, 6.45) is 3.10. The van der Waals surface area contributed by atoms with E-state index in [0.717, 1.165) is 29.8 Å². The van der Waals surface area contributed by atoms with Crippen molar-refractivity contribution in [2.75, 3.05) is 5.88 Å². The molecule has 0 spiro atoms. The van der Waals surface area contributed by atoms with Crippen LogP contribution in [0.1, 0.15) is 6.42 Å². The summed E-state index contributed by atoms with van der Waals surface area (Å²) in [6.45, 7) is 0.869. The van der Waals surface area contributed by atoms with Crippen LogP contribution < -0.4 is 0 Å². The molecule has 0 radical (unpaired) electrons. The second-order valence-electron chi connectivity index (χ2n) is 5.35. The van der Waals surface area contributed by atoms with Gasteiger partial charge in [0.1, 0.15) is 0 Å². The van der Waals surface area contributed by atoms with Gasteiger partial charge in [0, 0.05) is 18.6 Å². The van der Waals surface area contributed by atoms with Crippen molar-refractivity contribution in [3.8, 4) is 11.3 Å². The predicted octanol–water partition coefficient (Wildman–Crippen LogP) is 5.01. The average Bonchev–Trinajstić information content (AvgIpc) is 3.10. The first-order chi connectivity index (χ1) is 10.9. The van der Waals surface area contributed by atoms with E-state index in [1.807, 2.05) is 12.1 Å². The van der Waals surface area contributed by atoms with Crippen LogP contribution in [0, 0.1) is 0 Å². The molecule has 2 aromatic heterocycles. The Labute approximate surface area is 145 Å². The quantitative estimate of drug-likeness (QED) is 0.476. The smallest absolute Gasteiger partial charge is 0.215 e. The summed E-state index contributed by atoms with van der Waals surface area (Å²) in [7, 11) is 0. The molecule has 0 fully saturated rings. The first kappa shape index (κ1) is 15.9. The van der Waals surface area contributed by atoms with Crippen LogP contribution in [0.15, 0.2) is 60.8 Å². The number of para-hydroxylation sites is 2. The molecule has 118 valence electrons. The number of benzene rings is 2. The summed E-state index contributed by atoms with van der Waals surface area (Å²) in [4.78, 5) is 4.80. The molecule has 0 bridgehead atoms. The van der Waals surface area contributed by atoms with E-state index in [0.29, 0.717) is 5.88 Å². The van der Waals surface area contributed by atoms with E-state index in [2.05, 4.69) is 57.6 Å². The fraction of sp³-hybridized carbons (Fsp3) is 0.167. The lowest BCUT2D eigenvalue weighted by Gasteiger charge is -2.07. The maximum Gasteiger partial charge on any atom is 0.215 e. The number of aryl methyl sites for hydroxylation is 1.